The Morgan fingerprint density at radius 1 is 1.35 bits per heavy atom. The van der Waals surface area contributed by atoms with Crippen LogP contribution in [-0.2, 0) is 7.05 Å². The first-order valence-electron chi connectivity index (χ1n) is 7.99. The number of carbonyl (C=O) groups is 1. The molecule has 1 N–H and O–H groups in total. The molecule has 0 atom stereocenters. The molecular weight excluding hydrogens is 292 g/mol. The van der Waals surface area contributed by atoms with Crippen LogP contribution >= 0.6 is 0 Å². The third-order valence-corrected chi connectivity index (χ3v) is 4.38. The highest BCUT2D eigenvalue weighted by Crippen LogP contribution is 2.38. The van der Waals surface area contributed by atoms with E-state index in [1.54, 1.807) is 17.8 Å². The monoisotopic (exact) mass is 312 g/mol. The number of carbonyl (C=O) groups excluding carboxylic acids is 1. The van der Waals surface area contributed by atoms with E-state index >= 15 is 0 Å². The molecule has 4 rings (SSSR count). The molecule has 2 aromatic rings. The Bertz CT molecular complexity index is 745. The molecule has 2 fully saturated rings. The van der Waals surface area contributed by atoms with Crippen molar-refractivity contribution in [2.75, 3.05) is 18.0 Å². The summed E-state index contributed by atoms with van der Waals surface area (Å²) >= 11 is 0. The van der Waals surface area contributed by atoms with Crippen molar-refractivity contribution in [2.24, 2.45) is 7.05 Å². The van der Waals surface area contributed by atoms with Crippen LogP contribution in [0.15, 0.2) is 18.3 Å². The van der Waals surface area contributed by atoms with Gasteiger partial charge in [0.15, 0.2) is 0 Å². The summed E-state index contributed by atoms with van der Waals surface area (Å²) in [7, 11) is 1.79. The van der Waals surface area contributed by atoms with Crippen molar-refractivity contribution in [3.8, 4) is 0 Å². The van der Waals surface area contributed by atoms with E-state index in [4.69, 9.17) is 0 Å². The van der Waals surface area contributed by atoms with Gasteiger partial charge in [-0.05, 0) is 31.9 Å². The van der Waals surface area contributed by atoms with E-state index in [0.717, 1.165) is 30.4 Å². The van der Waals surface area contributed by atoms with Crippen LogP contribution in [0.4, 0.5) is 5.82 Å². The molecule has 1 amide bonds. The van der Waals surface area contributed by atoms with Crippen LogP contribution in [-0.4, -0.2) is 44.8 Å². The lowest BCUT2D eigenvalue weighted by atomic mass is 10.1. The molecule has 7 nitrogen and oxygen atoms in total. The van der Waals surface area contributed by atoms with Gasteiger partial charge >= 0.3 is 0 Å². The van der Waals surface area contributed by atoms with Crippen molar-refractivity contribution in [3.63, 3.8) is 0 Å². The molecule has 0 radical (unpaired) electrons. The Morgan fingerprint density at radius 3 is 2.78 bits per heavy atom. The second-order valence-electron chi connectivity index (χ2n) is 6.42. The Labute approximate surface area is 134 Å². The number of hydrogen-bond donors (Lipinski definition) is 1. The highest BCUT2D eigenvalue weighted by atomic mass is 16.2. The van der Waals surface area contributed by atoms with Crippen molar-refractivity contribution in [3.05, 3.63) is 35.5 Å². The van der Waals surface area contributed by atoms with E-state index in [-0.39, 0.29) is 11.9 Å². The molecule has 3 heterocycles. The molecule has 2 aliphatic rings. The average Bonchev–Trinajstić information content (AvgIpc) is 3.27. The molecule has 0 unspecified atom stereocenters. The number of hydrogen-bond acceptors (Lipinski definition) is 5. The number of nitrogens with one attached hydrogen (secondary N) is 1. The normalized spacial score (nSPS) is 17.9. The van der Waals surface area contributed by atoms with Gasteiger partial charge in [0.25, 0.3) is 5.91 Å². The maximum atomic E-state index is 12.3. The summed E-state index contributed by atoms with van der Waals surface area (Å²) in [6.07, 6.45) is 4.23. The average molecular weight is 312 g/mol. The summed E-state index contributed by atoms with van der Waals surface area (Å²) in [5.41, 5.74) is 1.44. The van der Waals surface area contributed by atoms with Crippen LogP contribution in [0.25, 0.3) is 0 Å². The summed E-state index contributed by atoms with van der Waals surface area (Å²) in [4.78, 5) is 23.4. The minimum atomic E-state index is -0.0703. The number of anilines is 1. The lowest BCUT2D eigenvalue weighted by Gasteiger charge is -2.40. The standard InChI is InChI=1S/C16H20N6O/c1-10-7-13(21(2)20-10)16(23)18-12-8-22(9-12)14-5-6-17-15(19-14)11-3-4-11/h5-7,11-12H,3-4,8-9H2,1-2H3,(H,18,23). The molecule has 0 bridgehead atoms. The first-order valence-corrected chi connectivity index (χ1v) is 7.99. The zero-order valence-electron chi connectivity index (χ0n) is 13.4. The van der Waals surface area contributed by atoms with Gasteiger partial charge in [-0.25, -0.2) is 9.97 Å². The van der Waals surface area contributed by atoms with Gasteiger partial charge < -0.3 is 10.2 Å². The van der Waals surface area contributed by atoms with E-state index in [2.05, 4.69) is 25.3 Å². The molecule has 0 spiro atoms. The molecule has 1 saturated heterocycles. The van der Waals surface area contributed by atoms with Crippen LogP contribution in [0, 0.1) is 6.92 Å². The van der Waals surface area contributed by atoms with Crippen LogP contribution in [0.5, 0.6) is 0 Å². The summed E-state index contributed by atoms with van der Waals surface area (Å²) in [6.45, 7) is 3.45. The van der Waals surface area contributed by atoms with Gasteiger partial charge in [0.1, 0.15) is 17.3 Å². The van der Waals surface area contributed by atoms with Gasteiger partial charge in [0.05, 0.1) is 11.7 Å². The molecule has 23 heavy (non-hydrogen) atoms. The van der Waals surface area contributed by atoms with Crippen molar-refractivity contribution in [2.45, 2.75) is 31.7 Å². The van der Waals surface area contributed by atoms with E-state index in [9.17, 15) is 4.79 Å². The quantitative estimate of drug-likeness (QED) is 0.912. The Hall–Kier alpha value is -2.44. The fraction of sp³-hybridized carbons (Fsp3) is 0.500. The topological polar surface area (TPSA) is 75.9 Å². The first kappa shape index (κ1) is 14.2. The number of aryl methyl sites for hydroxylation is 2. The van der Waals surface area contributed by atoms with Gasteiger partial charge in [0.2, 0.25) is 0 Å². The van der Waals surface area contributed by atoms with Crippen LogP contribution in [0.2, 0.25) is 0 Å². The Kier molecular flexibility index (Phi) is 3.28. The lowest BCUT2D eigenvalue weighted by molar-refractivity contribution is 0.0920. The van der Waals surface area contributed by atoms with Crippen LogP contribution in [0.3, 0.4) is 0 Å². The summed E-state index contributed by atoms with van der Waals surface area (Å²) in [5, 5.41) is 7.26. The number of amides is 1. The van der Waals surface area contributed by atoms with Crippen LogP contribution < -0.4 is 10.2 Å². The highest BCUT2D eigenvalue weighted by Gasteiger charge is 2.32. The minimum Gasteiger partial charge on any atom is -0.352 e. The van der Waals surface area contributed by atoms with E-state index in [0.29, 0.717) is 11.6 Å². The largest absolute Gasteiger partial charge is 0.352 e. The molecule has 120 valence electrons. The van der Waals surface area contributed by atoms with Crippen molar-refractivity contribution in [1.29, 1.82) is 0 Å². The zero-order valence-corrected chi connectivity index (χ0v) is 13.4. The minimum absolute atomic E-state index is 0.0703. The van der Waals surface area contributed by atoms with Crippen molar-refractivity contribution in [1.82, 2.24) is 25.1 Å². The number of rotatable bonds is 4. The third kappa shape index (κ3) is 2.78. The molecular formula is C16H20N6O. The molecule has 0 aromatic carbocycles. The second-order valence-corrected chi connectivity index (χ2v) is 6.42. The number of aromatic nitrogens is 4. The molecule has 1 aliphatic carbocycles. The summed E-state index contributed by atoms with van der Waals surface area (Å²) in [6, 6.07) is 3.89. The van der Waals surface area contributed by atoms with Crippen molar-refractivity contribution < 1.29 is 4.79 Å². The van der Waals surface area contributed by atoms with Gasteiger partial charge in [-0.15, -0.1) is 0 Å². The first-order chi connectivity index (χ1) is 11.1. The molecule has 1 saturated carbocycles. The van der Waals surface area contributed by atoms with Gasteiger partial charge in [0, 0.05) is 32.3 Å². The van der Waals surface area contributed by atoms with E-state index in [1.807, 2.05) is 19.2 Å². The maximum Gasteiger partial charge on any atom is 0.269 e. The van der Waals surface area contributed by atoms with Gasteiger partial charge in [-0.1, -0.05) is 0 Å². The molecule has 2 aromatic heterocycles. The van der Waals surface area contributed by atoms with Crippen LogP contribution in [0.1, 0.15) is 40.8 Å². The predicted octanol–water partition coefficient (Wildman–Crippen LogP) is 1.01. The SMILES string of the molecule is Cc1cc(C(=O)NC2CN(c3ccnc(C4CC4)n3)C2)n(C)n1. The van der Waals surface area contributed by atoms with E-state index in [1.165, 1.54) is 12.8 Å². The lowest BCUT2D eigenvalue weighted by Crippen LogP contribution is -2.59. The Balaban J connectivity index is 1.35. The summed E-state index contributed by atoms with van der Waals surface area (Å²) in [5.74, 6) is 2.41. The summed E-state index contributed by atoms with van der Waals surface area (Å²) < 4.78 is 1.62. The highest BCUT2D eigenvalue weighted by molar-refractivity contribution is 5.93. The van der Waals surface area contributed by atoms with Gasteiger partial charge in [-0.2, -0.15) is 5.10 Å². The van der Waals surface area contributed by atoms with E-state index < -0.39 is 0 Å². The Morgan fingerprint density at radius 2 is 2.13 bits per heavy atom. The van der Waals surface area contributed by atoms with Crippen molar-refractivity contribution >= 4 is 11.7 Å². The molecule has 7 heteroatoms. The fourth-order valence-electron chi connectivity index (χ4n) is 2.92. The smallest absolute Gasteiger partial charge is 0.269 e. The van der Waals surface area contributed by atoms with Gasteiger partial charge in [-0.3, -0.25) is 9.48 Å². The second kappa shape index (κ2) is 5.33. The fourth-order valence-corrected chi connectivity index (χ4v) is 2.92. The molecule has 1 aliphatic heterocycles. The number of nitrogens with zero attached hydrogens (tertiary/aromatic N) is 5. The third-order valence-electron chi connectivity index (χ3n) is 4.38. The maximum absolute atomic E-state index is 12.3. The predicted molar refractivity (Wildman–Crippen MR) is 85.4 cm³/mol. The zero-order chi connectivity index (χ0) is 16.0.